The smallest absolute Gasteiger partial charge is 0.405 e. The van der Waals surface area contributed by atoms with Crippen molar-refractivity contribution in [3.05, 3.63) is 21.1 Å². The van der Waals surface area contributed by atoms with Crippen molar-refractivity contribution >= 4 is 43.6 Å². The number of benzene rings is 1. The summed E-state index contributed by atoms with van der Waals surface area (Å²) in [6.07, 6.45) is -4.45. The Morgan fingerprint density at radius 3 is 2.47 bits per heavy atom. The molecule has 0 aliphatic rings. The fraction of sp³-hybridized carbons (Fsp3) is 0.300. The van der Waals surface area contributed by atoms with Gasteiger partial charge in [0.05, 0.1) is 17.3 Å². The molecule has 4 nitrogen and oxygen atoms in total. The molecule has 0 saturated carbocycles. The average Bonchev–Trinajstić information content (AvgIpc) is 2.29. The van der Waals surface area contributed by atoms with Crippen LogP contribution in [0.1, 0.15) is 0 Å². The molecule has 0 spiro atoms. The zero-order valence-electron chi connectivity index (χ0n) is 9.57. The molecule has 1 aromatic carbocycles. The second-order valence-electron chi connectivity index (χ2n) is 3.39. The zero-order valence-corrected chi connectivity index (χ0v) is 12.7. The van der Waals surface area contributed by atoms with E-state index >= 15 is 0 Å². The number of carbonyl (C=O) groups is 1. The van der Waals surface area contributed by atoms with Gasteiger partial charge in [-0.25, -0.2) is 4.79 Å². The summed E-state index contributed by atoms with van der Waals surface area (Å²) in [5, 5.41) is 3.99. The molecule has 0 unspecified atom stereocenters. The van der Waals surface area contributed by atoms with Gasteiger partial charge < -0.3 is 15.4 Å². The monoisotopic (exact) mass is 404 g/mol. The number of hydrogen-bond donors (Lipinski definition) is 2. The van der Waals surface area contributed by atoms with Crippen molar-refractivity contribution in [2.24, 2.45) is 0 Å². The highest BCUT2D eigenvalue weighted by atomic mass is 79.9. The number of halogens is 5. The van der Waals surface area contributed by atoms with E-state index in [1.807, 2.05) is 0 Å². The van der Waals surface area contributed by atoms with Gasteiger partial charge in [0.1, 0.15) is 12.3 Å². The molecular formula is C10H9Br2F3N2O2. The topological polar surface area (TPSA) is 50.4 Å². The van der Waals surface area contributed by atoms with Gasteiger partial charge in [-0.3, -0.25) is 0 Å². The third-order valence-electron chi connectivity index (χ3n) is 1.94. The van der Waals surface area contributed by atoms with E-state index in [1.54, 1.807) is 11.4 Å². The summed E-state index contributed by atoms with van der Waals surface area (Å²) in [6.45, 7) is -1.40. The minimum absolute atomic E-state index is 0.291. The van der Waals surface area contributed by atoms with Crippen LogP contribution in [0, 0.1) is 0 Å². The van der Waals surface area contributed by atoms with E-state index in [-0.39, 0.29) is 0 Å². The van der Waals surface area contributed by atoms with Crippen LogP contribution in [0.2, 0.25) is 0 Å². The molecule has 9 heteroatoms. The number of urea groups is 1. The summed E-state index contributed by atoms with van der Waals surface area (Å²) in [7, 11) is 1.43. The minimum atomic E-state index is -4.45. The van der Waals surface area contributed by atoms with E-state index in [0.29, 0.717) is 20.4 Å². The Balaban J connectivity index is 2.74. The van der Waals surface area contributed by atoms with Gasteiger partial charge in [0.25, 0.3) is 0 Å². The zero-order chi connectivity index (χ0) is 14.6. The summed E-state index contributed by atoms with van der Waals surface area (Å²) >= 11 is 6.41. The third-order valence-corrected chi connectivity index (χ3v) is 3.21. The van der Waals surface area contributed by atoms with Crippen molar-refractivity contribution < 1.29 is 22.7 Å². The Labute approximate surface area is 123 Å². The van der Waals surface area contributed by atoms with Crippen molar-refractivity contribution in [1.82, 2.24) is 5.32 Å². The van der Waals surface area contributed by atoms with Crippen LogP contribution in [0.5, 0.6) is 5.75 Å². The maximum absolute atomic E-state index is 11.9. The van der Waals surface area contributed by atoms with E-state index in [0.717, 1.165) is 0 Å². The van der Waals surface area contributed by atoms with E-state index < -0.39 is 18.8 Å². The van der Waals surface area contributed by atoms with Gasteiger partial charge in [-0.05, 0) is 37.9 Å². The molecule has 2 N–H and O–H groups in total. The van der Waals surface area contributed by atoms with Crippen LogP contribution >= 0.6 is 31.9 Å². The minimum Gasteiger partial charge on any atom is -0.495 e. The van der Waals surface area contributed by atoms with Gasteiger partial charge in [0, 0.05) is 10.5 Å². The first-order valence-electron chi connectivity index (χ1n) is 4.87. The molecule has 0 fully saturated rings. The SMILES string of the molecule is COc1cc(NC(=O)NCC(F)(F)F)c(Br)cc1Br. The average molecular weight is 406 g/mol. The predicted octanol–water partition coefficient (Wildman–Crippen LogP) is 3.90. The van der Waals surface area contributed by atoms with Crippen LogP contribution in [0.3, 0.4) is 0 Å². The Morgan fingerprint density at radius 1 is 1.32 bits per heavy atom. The maximum Gasteiger partial charge on any atom is 0.405 e. The predicted molar refractivity (Wildman–Crippen MR) is 71.5 cm³/mol. The van der Waals surface area contributed by atoms with Gasteiger partial charge >= 0.3 is 12.2 Å². The molecule has 0 aliphatic carbocycles. The van der Waals surface area contributed by atoms with Crippen molar-refractivity contribution in [3.8, 4) is 5.75 Å². The molecule has 0 aromatic heterocycles. The Kier molecular flexibility index (Phi) is 5.48. The molecule has 0 radical (unpaired) electrons. The Bertz CT molecular complexity index is 481. The van der Waals surface area contributed by atoms with E-state index in [4.69, 9.17) is 4.74 Å². The molecule has 1 rings (SSSR count). The van der Waals surface area contributed by atoms with Crippen LogP contribution in [0.15, 0.2) is 21.1 Å². The summed E-state index contributed by atoms with van der Waals surface area (Å²) < 4.78 is 41.9. The molecule has 2 amide bonds. The van der Waals surface area contributed by atoms with Crippen molar-refractivity contribution in [2.45, 2.75) is 6.18 Å². The molecule has 1 aromatic rings. The lowest BCUT2D eigenvalue weighted by molar-refractivity contribution is -0.122. The molecule has 0 heterocycles. The molecular weight excluding hydrogens is 397 g/mol. The van der Waals surface area contributed by atoms with Gasteiger partial charge in [0.2, 0.25) is 0 Å². The van der Waals surface area contributed by atoms with Crippen molar-refractivity contribution in [1.29, 1.82) is 0 Å². The lowest BCUT2D eigenvalue weighted by Gasteiger charge is -2.12. The van der Waals surface area contributed by atoms with Crippen molar-refractivity contribution in [3.63, 3.8) is 0 Å². The van der Waals surface area contributed by atoms with Crippen LogP contribution in [-0.2, 0) is 0 Å². The van der Waals surface area contributed by atoms with Gasteiger partial charge in [-0.2, -0.15) is 13.2 Å². The molecule has 0 aliphatic heterocycles. The van der Waals surface area contributed by atoms with Crippen LogP contribution < -0.4 is 15.4 Å². The molecule has 0 bridgehead atoms. The summed E-state index contributed by atoms with van der Waals surface area (Å²) in [6, 6.07) is 2.13. The largest absolute Gasteiger partial charge is 0.495 e. The second-order valence-corrected chi connectivity index (χ2v) is 5.10. The normalized spacial score (nSPS) is 11.1. The number of alkyl halides is 3. The van der Waals surface area contributed by atoms with Crippen LogP contribution in [0.4, 0.5) is 23.7 Å². The van der Waals surface area contributed by atoms with Gasteiger partial charge in [-0.15, -0.1) is 0 Å². The standard InChI is InChI=1S/C10H9Br2F3N2O2/c1-19-8-3-7(5(11)2-6(8)12)17-9(18)16-4-10(13,14)15/h2-3H,4H2,1H3,(H2,16,17,18). The lowest BCUT2D eigenvalue weighted by atomic mass is 10.3. The summed E-state index contributed by atoms with van der Waals surface area (Å²) in [4.78, 5) is 11.3. The number of amides is 2. The maximum atomic E-state index is 11.9. The number of anilines is 1. The van der Waals surface area contributed by atoms with Gasteiger partial charge in [0.15, 0.2) is 0 Å². The first-order valence-corrected chi connectivity index (χ1v) is 6.46. The number of carbonyl (C=O) groups excluding carboxylic acids is 1. The van der Waals surface area contributed by atoms with Crippen molar-refractivity contribution in [2.75, 3.05) is 19.0 Å². The summed E-state index contributed by atoms with van der Waals surface area (Å²) in [5.41, 5.74) is 0.291. The fourth-order valence-electron chi connectivity index (χ4n) is 1.13. The molecule has 0 saturated heterocycles. The first kappa shape index (κ1) is 16.1. The highest BCUT2D eigenvalue weighted by Crippen LogP contribution is 2.34. The number of hydrogen-bond acceptors (Lipinski definition) is 2. The number of methoxy groups -OCH3 is 1. The molecule has 0 atom stereocenters. The fourth-order valence-corrected chi connectivity index (χ4v) is 2.38. The summed E-state index contributed by atoms with van der Waals surface area (Å²) in [5.74, 6) is 0.439. The van der Waals surface area contributed by atoms with E-state index in [2.05, 4.69) is 37.2 Å². The number of ether oxygens (including phenoxy) is 1. The van der Waals surface area contributed by atoms with E-state index in [9.17, 15) is 18.0 Å². The lowest BCUT2D eigenvalue weighted by Crippen LogP contribution is -2.36. The second kappa shape index (κ2) is 6.47. The van der Waals surface area contributed by atoms with E-state index in [1.165, 1.54) is 13.2 Å². The molecule has 106 valence electrons. The quantitative estimate of drug-likeness (QED) is 0.801. The Hall–Kier alpha value is -0.960. The molecule has 19 heavy (non-hydrogen) atoms. The van der Waals surface area contributed by atoms with Crippen LogP contribution in [0.25, 0.3) is 0 Å². The van der Waals surface area contributed by atoms with Gasteiger partial charge in [-0.1, -0.05) is 0 Å². The highest BCUT2D eigenvalue weighted by Gasteiger charge is 2.27. The number of nitrogens with one attached hydrogen (secondary N) is 2. The highest BCUT2D eigenvalue weighted by molar-refractivity contribution is 9.11. The first-order chi connectivity index (χ1) is 8.73. The third kappa shape index (κ3) is 5.27. The van der Waals surface area contributed by atoms with Crippen LogP contribution in [-0.4, -0.2) is 25.9 Å². The Morgan fingerprint density at radius 2 is 1.95 bits per heavy atom. The number of rotatable bonds is 3.